The van der Waals surface area contributed by atoms with Crippen molar-refractivity contribution in [2.75, 3.05) is 33.9 Å². The Morgan fingerprint density at radius 2 is 2.04 bits per heavy atom. The van der Waals surface area contributed by atoms with Crippen LogP contribution in [0.1, 0.15) is 31.9 Å². The van der Waals surface area contributed by atoms with Crippen LogP contribution in [0.4, 0.5) is 0 Å². The minimum absolute atomic E-state index is 0.224. The van der Waals surface area contributed by atoms with E-state index < -0.39 is 0 Å². The Balaban J connectivity index is 2.69. The lowest BCUT2D eigenvalue weighted by Crippen LogP contribution is -2.43. The molecule has 5 heteroatoms. The molecule has 1 rings (SSSR count). The lowest BCUT2D eigenvalue weighted by molar-refractivity contribution is 0.179. The molecule has 0 saturated heterocycles. The highest BCUT2D eigenvalue weighted by molar-refractivity contribution is 5.80. The molecule has 1 atom stereocenters. The average molecular weight is 320 g/mol. The second kappa shape index (κ2) is 11.0. The molecule has 0 aliphatic carbocycles. The molecule has 2 N–H and O–H groups in total. The van der Waals surface area contributed by atoms with Gasteiger partial charge in [-0.1, -0.05) is 31.2 Å². The van der Waals surface area contributed by atoms with E-state index in [1.165, 1.54) is 11.1 Å². The van der Waals surface area contributed by atoms with Crippen LogP contribution in [0.15, 0.2) is 29.3 Å². The fraction of sp³-hybridized carbons (Fsp3) is 0.611. The Hall–Kier alpha value is -1.59. The van der Waals surface area contributed by atoms with E-state index in [0.29, 0.717) is 13.2 Å². The summed E-state index contributed by atoms with van der Waals surface area (Å²) in [7, 11) is 3.84. The first-order valence-corrected chi connectivity index (χ1v) is 8.39. The molecule has 1 unspecified atom stereocenters. The number of nitrogens with zero attached hydrogens (tertiary/aromatic N) is 2. The van der Waals surface area contributed by atoms with E-state index in [2.05, 4.69) is 72.6 Å². The molecule has 0 spiro atoms. The maximum Gasteiger partial charge on any atom is 0.191 e. The lowest BCUT2D eigenvalue weighted by atomic mass is 10.1. The van der Waals surface area contributed by atoms with Gasteiger partial charge in [0.05, 0.1) is 13.2 Å². The van der Waals surface area contributed by atoms with Gasteiger partial charge in [0.25, 0.3) is 0 Å². The van der Waals surface area contributed by atoms with Crippen molar-refractivity contribution in [3.63, 3.8) is 0 Å². The summed E-state index contributed by atoms with van der Waals surface area (Å²) in [6.07, 6.45) is 0. The maximum atomic E-state index is 5.16. The fourth-order valence-electron chi connectivity index (χ4n) is 2.27. The summed E-state index contributed by atoms with van der Waals surface area (Å²) in [4.78, 5) is 6.96. The van der Waals surface area contributed by atoms with Gasteiger partial charge >= 0.3 is 0 Å². The molecule has 1 aromatic rings. The normalized spacial score (nSPS) is 13.2. The molecule has 130 valence electrons. The number of methoxy groups -OCH3 is 1. The maximum absolute atomic E-state index is 5.16. The zero-order chi connectivity index (χ0) is 17.1. The van der Waals surface area contributed by atoms with Crippen LogP contribution in [-0.4, -0.2) is 50.8 Å². The first-order chi connectivity index (χ1) is 11.1. The Labute approximate surface area is 141 Å². The molecule has 1 aromatic carbocycles. The van der Waals surface area contributed by atoms with E-state index in [-0.39, 0.29) is 6.04 Å². The summed E-state index contributed by atoms with van der Waals surface area (Å²) in [5, 5.41) is 6.62. The third-order valence-electron chi connectivity index (χ3n) is 3.55. The van der Waals surface area contributed by atoms with Crippen LogP contribution >= 0.6 is 0 Å². The van der Waals surface area contributed by atoms with Crippen molar-refractivity contribution in [2.45, 2.75) is 39.9 Å². The van der Waals surface area contributed by atoms with Crippen molar-refractivity contribution in [1.29, 1.82) is 0 Å². The summed E-state index contributed by atoms with van der Waals surface area (Å²) in [5.41, 5.74) is 2.55. The molecule has 5 nitrogen and oxygen atoms in total. The highest BCUT2D eigenvalue weighted by atomic mass is 16.5. The highest BCUT2D eigenvalue weighted by Gasteiger charge is 2.05. The summed E-state index contributed by atoms with van der Waals surface area (Å²) in [6.45, 7) is 10.5. The third-order valence-corrected chi connectivity index (χ3v) is 3.55. The van der Waals surface area contributed by atoms with Crippen LogP contribution in [0, 0.1) is 0 Å². The van der Waals surface area contributed by atoms with Gasteiger partial charge in [-0.05, 0) is 38.6 Å². The largest absolute Gasteiger partial charge is 0.383 e. The first kappa shape index (κ1) is 19.5. The summed E-state index contributed by atoms with van der Waals surface area (Å²) < 4.78 is 5.16. The Kier molecular flexibility index (Phi) is 9.33. The Morgan fingerprint density at radius 1 is 1.30 bits per heavy atom. The molecule has 0 bridgehead atoms. The average Bonchev–Trinajstić information content (AvgIpc) is 2.53. The minimum Gasteiger partial charge on any atom is -0.383 e. The standard InChI is InChI=1S/C18H32N4O/c1-6-19-18(21-15(3)14-23-5)20-12-16-9-8-10-17(11-16)13-22(4)7-2/h8-11,15H,6-7,12-14H2,1-5H3,(H2,19,20,21). The predicted molar refractivity (Wildman–Crippen MR) is 97.7 cm³/mol. The molecule has 0 radical (unpaired) electrons. The number of benzene rings is 1. The van der Waals surface area contributed by atoms with Gasteiger partial charge in [0, 0.05) is 26.2 Å². The van der Waals surface area contributed by atoms with E-state index >= 15 is 0 Å². The Morgan fingerprint density at radius 3 is 2.70 bits per heavy atom. The van der Waals surface area contributed by atoms with Gasteiger partial charge in [0.15, 0.2) is 5.96 Å². The molecular weight excluding hydrogens is 288 g/mol. The van der Waals surface area contributed by atoms with Gasteiger partial charge in [0.2, 0.25) is 0 Å². The quantitative estimate of drug-likeness (QED) is 0.541. The molecule has 23 heavy (non-hydrogen) atoms. The van der Waals surface area contributed by atoms with E-state index in [1.54, 1.807) is 7.11 Å². The van der Waals surface area contributed by atoms with Crippen molar-refractivity contribution < 1.29 is 4.74 Å². The van der Waals surface area contributed by atoms with Crippen LogP contribution in [0.25, 0.3) is 0 Å². The van der Waals surface area contributed by atoms with Crippen molar-refractivity contribution in [3.8, 4) is 0 Å². The minimum atomic E-state index is 0.224. The fourth-order valence-corrected chi connectivity index (χ4v) is 2.27. The zero-order valence-corrected chi connectivity index (χ0v) is 15.2. The predicted octanol–water partition coefficient (Wildman–Crippen LogP) is 2.23. The van der Waals surface area contributed by atoms with Crippen LogP contribution < -0.4 is 10.6 Å². The second-order valence-corrected chi connectivity index (χ2v) is 5.85. The number of ether oxygens (including phenoxy) is 1. The number of hydrogen-bond acceptors (Lipinski definition) is 3. The highest BCUT2D eigenvalue weighted by Crippen LogP contribution is 2.08. The Bertz CT molecular complexity index is 476. The number of hydrogen-bond donors (Lipinski definition) is 2. The van der Waals surface area contributed by atoms with E-state index in [0.717, 1.165) is 25.6 Å². The summed E-state index contributed by atoms with van der Waals surface area (Å²) >= 11 is 0. The van der Waals surface area contributed by atoms with Crippen LogP contribution in [0.2, 0.25) is 0 Å². The van der Waals surface area contributed by atoms with Gasteiger partial charge in [-0.25, -0.2) is 4.99 Å². The van der Waals surface area contributed by atoms with Gasteiger partial charge in [-0.15, -0.1) is 0 Å². The molecule has 0 aromatic heterocycles. The van der Waals surface area contributed by atoms with Gasteiger partial charge in [-0.2, -0.15) is 0 Å². The van der Waals surface area contributed by atoms with Gasteiger partial charge in [0.1, 0.15) is 0 Å². The molecule has 0 amide bonds. The first-order valence-electron chi connectivity index (χ1n) is 8.39. The zero-order valence-electron chi connectivity index (χ0n) is 15.2. The number of guanidine groups is 1. The van der Waals surface area contributed by atoms with Gasteiger partial charge < -0.3 is 20.3 Å². The van der Waals surface area contributed by atoms with E-state index in [1.807, 2.05) is 0 Å². The molecule has 0 saturated carbocycles. The number of aliphatic imine (C=N–C) groups is 1. The molecule has 0 heterocycles. The molecular formula is C18H32N4O. The van der Waals surface area contributed by atoms with Crippen LogP contribution in [0.3, 0.4) is 0 Å². The SMILES string of the molecule is CCNC(=NCc1cccc(CN(C)CC)c1)NC(C)COC. The summed E-state index contributed by atoms with van der Waals surface area (Å²) in [6, 6.07) is 8.86. The van der Waals surface area contributed by atoms with Crippen molar-refractivity contribution >= 4 is 5.96 Å². The van der Waals surface area contributed by atoms with Crippen LogP contribution in [-0.2, 0) is 17.8 Å². The second-order valence-electron chi connectivity index (χ2n) is 5.85. The van der Waals surface area contributed by atoms with Gasteiger partial charge in [-0.3, -0.25) is 0 Å². The van der Waals surface area contributed by atoms with Crippen LogP contribution in [0.5, 0.6) is 0 Å². The smallest absolute Gasteiger partial charge is 0.191 e. The number of rotatable bonds is 9. The lowest BCUT2D eigenvalue weighted by Gasteiger charge is -2.17. The van der Waals surface area contributed by atoms with Crippen molar-refractivity contribution in [3.05, 3.63) is 35.4 Å². The topological polar surface area (TPSA) is 48.9 Å². The van der Waals surface area contributed by atoms with E-state index in [4.69, 9.17) is 4.74 Å². The van der Waals surface area contributed by atoms with Crippen molar-refractivity contribution in [1.82, 2.24) is 15.5 Å². The monoisotopic (exact) mass is 320 g/mol. The number of nitrogens with one attached hydrogen (secondary N) is 2. The molecule has 0 aliphatic rings. The van der Waals surface area contributed by atoms with Crippen molar-refractivity contribution in [2.24, 2.45) is 4.99 Å². The molecule has 0 aliphatic heterocycles. The van der Waals surface area contributed by atoms with E-state index in [9.17, 15) is 0 Å². The third kappa shape index (κ3) is 8.00. The molecule has 0 fully saturated rings. The summed E-state index contributed by atoms with van der Waals surface area (Å²) in [5.74, 6) is 0.827.